The van der Waals surface area contributed by atoms with Gasteiger partial charge in [0.2, 0.25) is 10.0 Å². The van der Waals surface area contributed by atoms with E-state index < -0.39 is 32.2 Å². The lowest BCUT2D eigenvalue weighted by atomic mass is 9.96. The molecule has 23 heavy (non-hydrogen) atoms. The van der Waals surface area contributed by atoms with Gasteiger partial charge in [-0.25, -0.2) is 21.9 Å². The predicted octanol–water partition coefficient (Wildman–Crippen LogP) is 2.08. The molecule has 0 saturated carbocycles. The molecule has 0 bridgehead atoms. The molecule has 0 aliphatic heterocycles. The summed E-state index contributed by atoms with van der Waals surface area (Å²) in [6.07, 6.45) is 0.955. The summed E-state index contributed by atoms with van der Waals surface area (Å²) in [5, 5.41) is 10.7. The highest BCUT2D eigenvalue weighted by Gasteiger charge is 2.38. The van der Waals surface area contributed by atoms with Crippen molar-refractivity contribution in [3.63, 3.8) is 0 Å². The number of aliphatic hydroxyl groups is 1. The molecular weight excluding hydrogens is 324 g/mol. The summed E-state index contributed by atoms with van der Waals surface area (Å²) < 4.78 is 53.8. The van der Waals surface area contributed by atoms with Crippen LogP contribution in [0.2, 0.25) is 0 Å². The molecule has 0 spiro atoms. The number of nitrogens with one attached hydrogen (secondary N) is 1. The normalized spacial score (nSPS) is 20.5. The standard InChI is InChI=1S/C16H15F2NO3S/c17-13-6-3-7-14(18)15(13)23(21,22)19-10-16(20)9-8-11-4-1-2-5-12(11)16/h1-7,19-20H,8-10H2/t16-/m0/s1. The van der Waals surface area contributed by atoms with Crippen molar-refractivity contribution in [1.29, 1.82) is 0 Å². The lowest BCUT2D eigenvalue weighted by molar-refractivity contribution is 0.0442. The summed E-state index contributed by atoms with van der Waals surface area (Å²) in [6, 6.07) is 10.0. The molecule has 122 valence electrons. The highest BCUT2D eigenvalue weighted by Crippen LogP contribution is 2.36. The molecule has 1 aliphatic rings. The van der Waals surface area contributed by atoms with Gasteiger partial charge in [0.25, 0.3) is 0 Å². The Hall–Kier alpha value is -1.83. The van der Waals surface area contributed by atoms with Crippen LogP contribution in [0.5, 0.6) is 0 Å². The Morgan fingerprint density at radius 3 is 2.43 bits per heavy atom. The lowest BCUT2D eigenvalue weighted by Crippen LogP contribution is -2.39. The third kappa shape index (κ3) is 2.87. The number of sulfonamides is 1. The minimum Gasteiger partial charge on any atom is -0.384 e. The third-order valence-electron chi connectivity index (χ3n) is 4.07. The van der Waals surface area contributed by atoms with Crippen LogP contribution in [-0.4, -0.2) is 20.1 Å². The van der Waals surface area contributed by atoms with Crippen LogP contribution < -0.4 is 4.72 Å². The summed E-state index contributed by atoms with van der Waals surface area (Å²) in [6.45, 7) is -0.347. The van der Waals surface area contributed by atoms with Crippen molar-refractivity contribution in [3.05, 3.63) is 65.2 Å². The summed E-state index contributed by atoms with van der Waals surface area (Å²) >= 11 is 0. The number of halogens is 2. The van der Waals surface area contributed by atoms with Gasteiger partial charge in [0.15, 0.2) is 4.90 Å². The highest BCUT2D eigenvalue weighted by molar-refractivity contribution is 7.89. The Kier molecular flexibility index (Phi) is 3.95. The molecule has 0 amide bonds. The van der Waals surface area contributed by atoms with Crippen LogP contribution in [0.4, 0.5) is 8.78 Å². The fourth-order valence-electron chi connectivity index (χ4n) is 2.88. The molecule has 0 radical (unpaired) electrons. The molecular formula is C16H15F2NO3S. The molecule has 1 atom stereocenters. The first kappa shape index (κ1) is 16.0. The molecule has 3 rings (SSSR count). The smallest absolute Gasteiger partial charge is 0.246 e. The maximum absolute atomic E-state index is 13.7. The van der Waals surface area contributed by atoms with Gasteiger partial charge in [-0.1, -0.05) is 30.3 Å². The van der Waals surface area contributed by atoms with Crippen LogP contribution in [-0.2, 0) is 22.0 Å². The van der Waals surface area contributed by atoms with Crippen molar-refractivity contribution in [3.8, 4) is 0 Å². The first-order chi connectivity index (χ1) is 10.8. The molecule has 0 aromatic heterocycles. The van der Waals surface area contributed by atoms with Gasteiger partial charge in [-0.2, -0.15) is 0 Å². The second-order valence-electron chi connectivity index (χ2n) is 5.56. The van der Waals surface area contributed by atoms with Crippen LogP contribution in [0.3, 0.4) is 0 Å². The molecule has 0 unspecified atom stereocenters. The van der Waals surface area contributed by atoms with Crippen molar-refractivity contribution in [2.75, 3.05) is 6.54 Å². The molecule has 1 aliphatic carbocycles. The van der Waals surface area contributed by atoms with Crippen LogP contribution in [0.1, 0.15) is 17.5 Å². The van der Waals surface area contributed by atoms with Crippen molar-refractivity contribution in [1.82, 2.24) is 4.72 Å². The summed E-state index contributed by atoms with van der Waals surface area (Å²) in [5.41, 5.74) is 0.189. The molecule has 0 fully saturated rings. The maximum Gasteiger partial charge on any atom is 0.246 e. The Morgan fingerprint density at radius 2 is 1.74 bits per heavy atom. The minimum absolute atomic E-state index is 0.342. The fraction of sp³-hybridized carbons (Fsp3) is 0.250. The van der Waals surface area contributed by atoms with Crippen molar-refractivity contribution in [2.24, 2.45) is 0 Å². The van der Waals surface area contributed by atoms with E-state index >= 15 is 0 Å². The largest absolute Gasteiger partial charge is 0.384 e. The lowest BCUT2D eigenvalue weighted by Gasteiger charge is -2.24. The van der Waals surface area contributed by atoms with Gasteiger partial charge in [-0.05, 0) is 36.1 Å². The number of rotatable bonds is 4. The van der Waals surface area contributed by atoms with Gasteiger partial charge in [-0.3, -0.25) is 0 Å². The Balaban J connectivity index is 1.86. The van der Waals surface area contributed by atoms with Crippen LogP contribution in [0, 0.1) is 11.6 Å². The van der Waals surface area contributed by atoms with Gasteiger partial charge in [-0.15, -0.1) is 0 Å². The van der Waals surface area contributed by atoms with E-state index in [2.05, 4.69) is 4.72 Å². The van der Waals surface area contributed by atoms with E-state index in [1.54, 1.807) is 12.1 Å². The van der Waals surface area contributed by atoms with Crippen LogP contribution in [0.25, 0.3) is 0 Å². The summed E-state index contributed by atoms with van der Waals surface area (Å²) in [4.78, 5) is -1.03. The first-order valence-corrected chi connectivity index (χ1v) is 8.56. The molecule has 2 N–H and O–H groups in total. The number of hydrogen-bond donors (Lipinski definition) is 2. The maximum atomic E-state index is 13.7. The molecule has 0 heterocycles. The average molecular weight is 339 g/mol. The Morgan fingerprint density at radius 1 is 1.09 bits per heavy atom. The quantitative estimate of drug-likeness (QED) is 0.896. The molecule has 2 aromatic carbocycles. The van der Waals surface area contributed by atoms with Crippen LogP contribution in [0.15, 0.2) is 47.4 Å². The Labute approximate surface area is 132 Å². The van der Waals surface area contributed by atoms with E-state index in [1.807, 2.05) is 12.1 Å². The zero-order valence-electron chi connectivity index (χ0n) is 12.1. The van der Waals surface area contributed by atoms with Gasteiger partial charge in [0.05, 0.1) is 0 Å². The average Bonchev–Trinajstić information content (AvgIpc) is 2.84. The number of benzene rings is 2. The fourth-order valence-corrected chi connectivity index (χ4v) is 4.10. The molecule has 4 nitrogen and oxygen atoms in total. The van der Waals surface area contributed by atoms with E-state index in [1.165, 1.54) is 0 Å². The van der Waals surface area contributed by atoms with Crippen molar-refractivity contribution < 1.29 is 22.3 Å². The zero-order chi connectivity index (χ0) is 16.7. The second kappa shape index (κ2) is 5.67. The predicted molar refractivity (Wildman–Crippen MR) is 80.2 cm³/mol. The van der Waals surface area contributed by atoms with Crippen molar-refractivity contribution in [2.45, 2.75) is 23.3 Å². The molecule has 7 heteroatoms. The van der Waals surface area contributed by atoms with E-state index in [-0.39, 0.29) is 6.54 Å². The zero-order valence-corrected chi connectivity index (χ0v) is 12.9. The van der Waals surface area contributed by atoms with Gasteiger partial charge < -0.3 is 5.11 Å². The third-order valence-corrected chi connectivity index (χ3v) is 5.52. The Bertz CT molecular complexity index is 834. The van der Waals surface area contributed by atoms with E-state index in [4.69, 9.17) is 0 Å². The molecule has 0 saturated heterocycles. The topological polar surface area (TPSA) is 66.4 Å². The number of aryl methyl sites for hydroxylation is 1. The molecule has 2 aromatic rings. The SMILES string of the molecule is O=S(=O)(NC[C@@]1(O)CCc2ccccc21)c1c(F)cccc1F. The van der Waals surface area contributed by atoms with E-state index in [0.29, 0.717) is 18.4 Å². The van der Waals surface area contributed by atoms with Gasteiger partial charge >= 0.3 is 0 Å². The monoisotopic (exact) mass is 339 g/mol. The minimum atomic E-state index is -4.41. The van der Waals surface area contributed by atoms with Crippen LogP contribution >= 0.6 is 0 Å². The number of fused-ring (bicyclic) bond motifs is 1. The second-order valence-corrected chi connectivity index (χ2v) is 7.27. The summed E-state index contributed by atoms with van der Waals surface area (Å²) in [7, 11) is -4.41. The van der Waals surface area contributed by atoms with Gasteiger partial charge in [0.1, 0.15) is 17.2 Å². The van der Waals surface area contributed by atoms with Crippen molar-refractivity contribution >= 4 is 10.0 Å². The highest BCUT2D eigenvalue weighted by atomic mass is 32.2. The number of hydrogen-bond acceptors (Lipinski definition) is 3. The first-order valence-electron chi connectivity index (χ1n) is 7.08. The van der Waals surface area contributed by atoms with E-state index in [0.717, 1.165) is 23.8 Å². The summed E-state index contributed by atoms with van der Waals surface area (Å²) in [5.74, 6) is -2.34. The van der Waals surface area contributed by atoms with E-state index in [9.17, 15) is 22.3 Å². The van der Waals surface area contributed by atoms with Gasteiger partial charge in [0, 0.05) is 6.54 Å².